The molecule has 0 atom stereocenters. The molecule has 1 aromatic rings. The van der Waals surface area contributed by atoms with E-state index in [4.69, 9.17) is 4.98 Å². The predicted octanol–water partition coefficient (Wildman–Crippen LogP) is 3.16. The van der Waals surface area contributed by atoms with Crippen LogP contribution in [0.15, 0.2) is 0 Å². The highest BCUT2D eigenvalue weighted by atomic mass is 15.1. The Morgan fingerprint density at radius 2 is 1.90 bits per heavy atom. The van der Waals surface area contributed by atoms with Crippen LogP contribution in [-0.2, 0) is 25.9 Å². The second-order valence-corrected chi connectivity index (χ2v) is 7.90. The second-order valence-electron chi connectivity index (χ2n) is 7.90. The summed E-state index contributed by atoms with van der Waals surface area (Å²) in [6, 6.07) is 0. The molecule has 0 unspecified atom stereocenters. The van der Waals surface area contributed by atoms with E-state index < -0.39 is 0 Å². The minimum absolute atomic E-state index is 0.695. The maximum atomic E-state index is 5.00. The lowest BCUT2D eigenvalue weighted by Crippen LogP contribution is -2.26. The van der Waals surface area contributed by atoms with Crippen molar-refractivity contribution < 1.29 is 0 Å². The van der Waals surface area contributed by atoms with Crippen molar-refractivity contribution in [2.45, 2.75) is 65.5 Å². The van der Waals surface area contributed by atoms with Crippen LogP contribution in [0, 0.1) is 23.7 Å². The fraction of sp³-hybridized carbons (Fsp3) is 0.833. The molecule has 2 heterocycles. The van der Waals surface area contributed by atoms with E-state index in [1.165, 1.54) is 50.2 Å². The van der Waals surface area contributed by atoms with Gasteiger partial charge in [-0.25, -0.2) is 4.98 Å². The Labute approximate surface area is 128 Å². The Bertz CT molecular complexity index is 497. The topological polar surface area (TPSA) is 29.9 Å². The van der Waals surface area contributed by atoms with E-state index in [9.17, 15) is 0 Å². The fourth-order valence-corrected chi connectivity index (χ4v) is 4.11. The minimum atomic E-state index is 0.695. The quantitative estimate of drug-likeness (QED) is 0.871. The van der Waals surface area contributed by atoms with Crippen LogP contribution in [-0.4, -0.2) is 16.1 Å². The molecule has 0 saturated heterocycles. The number of aromatic nitrogens is 2. The van der Waals surface area contributed by atoms with Crippen LogP contribution in [0.5, 0.6) is 0 Å². The van der Waals surface area contributed by atoms with Crippen molar-refractivity contribution in [2.75, 3.05) is 6.54 Å². The molecule has 0 spiro atoms. The van der Waals surface area contributed by atoms with E-state index in [1.807, 2.05) is 0 Å². The second kappa shape index (κ2) is 5.42. The standard InChI is InChI=1S/C18H29N3/c1-12(2)9-18-20-16-10-19-8-7-17(16)21(18)11-15(13-3-4-13)14-5-6-14/h12-15,19H,3-11H2,1-2H3. The third kappa shape index (κ3) is 2.90. The van der Waals surface area contributed by atoms with Crippen molar-refractivity contribution in [3.05, 3.63) is 17.2 Å². The zero-order chi connectivity index (χ0) is 14.4. The molecule has 0 bridgehead atoms. The van der Waals surface area contributed by atoms with Crippen LogP contribution in [0.1, 0.15) is 56.7 Å². The van der Waals surface area contributed by atoms with E-state index in [2.05, 4.69) is 23.7 Å². The summed E-state index contributed by atoms with van der Waals surface area (Å²) >= 11 is 0. The summed E-state index contributed by atoms with van der Waals surface area (Å²) in [7, 11) is 0. The fourth-order valence-electron chi connectivity index (χ4n) is 4.11. The van der Waals surface area contributed by atoms with Crippen LogP contribution in [0.2, 0.25) is 0 Å². The average Bonchev–Trinajstić information content (AvgIpc) is 3.34. The average molecular weight is 287 g/mol. The van der Waals surface area contributed by atoms with Gasteiger partial charge in [0.1, 0.15) is 5.82 Å². The molecule has 21 heavy (non-hydrogen) atoms. The number of nitrogens with one attached hydrogen (secondary N) is 1. The third-order valence-electron chi connectivity index (χ3n) is 5.50. The molecular weight excluding hydrogens is 258 g/mol. The van der Waals surface area contributed by atoms with Gasteiger partial charge in [0, 0.05) is 38.2 Å². The highest BCUT2D eigenvalue weighted by Crippen LogP contribution is 2.50. The first kappa shape index (κ1) is 13.8. The van der Waals surface area contributed by atoms with Gasteiger partial charge in [0.15, 0.2) is 0 Å². The van der Waals surface area contributed by atoms with Crippen LogP contribution in [0.4, 0.5) is 0 Å². The molecular formula is C18H29N3. The van der Waals surface area contributed by atoms with Crippen molar-refractivity contribution in [1.82, 2.24) is 14.9 Å². The van der Waals surface area contributed by atoms with Gasteiger partial charge in [-0.2, -0.15) is 0 Å². The van der Waals surface area contributed by atoms with Crippen molar-refractivity contribution >= 4 is 0 Å². The van der Waals surface area contributed by atoms with E-state index in [0.29, 0.717) is 5.92 Å². The van der Waals surface area contributed by atoms with Crippen molar-refractivity contribution in [3.63, 3.8) is 0 Å². The molecule has 2 fully saturated rings. The molecule has 1 N–H and O–H groups in total. The Hall–Kier alpha value is -0.830. The van der Waals surface area contributed by atoms with Crippen LogP contribution < -0.4 is 5.32 Å². The van der Waals surface area contributed by atoms with E-state index in [-0.39, 0.29) is 0 Å². The lowest BCUT2D eigenvalue weighted by Gasteiger charge is -2.22. The number of hydrogen-bond donors (Lipinski definition) is 1. The number of rotatable bonds is 6. The molecule has 4 rings (SSSR count). The van der Waals surface area contributed by atoms with Crippen LogP contribution in [0.3, 0.4) is 0 Å². The van der Waals surface area contributed by atoms with Crippen molar-refractivity contribution in [2.24, 2.45) is 23.7 Å². The number of hydrogen-bond acceptors (Lipinski definition) is 2. The first-order chi connectivity index (χ1) is 10.2. The summed E-state index contributed by atoms with van der Waals surface area (Å²) in [5.41, 5.74) is 2.89. The number of nitrogens with zero attached hydrogens (tertiary/aromatic N) is 2. The maximum absolute atomic E-state index is 5.00. The van der Waals surface area contributed by atoms with Crippen molar-refractivity contribution in [3.8, 4) is 0 Å². The van der Waals surface area contributed by atoms with Gasteiger partial charge in [-0.15, -0.1) is 0 Å². The Kier molecular flexibility index (Phi) is 3.56. The summed E-state index contributed by atoms with van der Waals surface area (Å²) in [5.74, 6) is 5.07. The van der Waals surface area contributed by atoms with Crippen LogP contribution >= 0.6 is 0 Å². The number of imidazole rings is 1. The van der Waals surface area contributed by atoms with Crippen LogP contribution in [0.25, 0.3) is 0 Å². The largest absolute Gasteiger partial charge is 0.331 e. The lowest BCUT2D eigenvalue weighted by atomic mass is 9.97. The SMILES string of the molecule is CC(C)Cc1nc2c(n1CC(C1CC1)C1CC1)CCNC2. The molecule has 3 heteroatoms. The molecule has 0 amide bonds. The van der Waals surface area contributed by atoms with E-state index in [0.717, 1.165) is 37.3 Å². The maximum Gasteiger partial charge on any atom is 0.109 e. The Balaban J connectivity index is 1.62. The zero-order valence-corrected chi connectivity index (χ0v) is 13.6. The van der Waals surface area contributed by atoms with Gasteiger partial charge in [-0.1, -0.05) is 13.8 Å². The van der Waals surface area contributed by atoms with Gasteiger partial charge in [-0.05, 0) is 49.4 Å². The van der Waals surface area contributed by atoms with Gasteiger partial charge in [0.25, 0.3) is 0 Å². The molecule has 0 radical (unpaired) electrons. The minimum Gasteiger partial charge on any atom is -0.331 e. The first-order valence-corrected chi connectivity index (χ1v) is 9.00. The molecule has 2 aliphatic carbocycles. The third-order valence-corrected chi connectivity index (χ3v) is 5.50. The van der Waals surface area contributed by atoms with Crippen molar-refractivity contribution in [1.29, 1.82) is 0 Å². The smallest absolute Gasteiger partial charge is 0.109 e. The van der Waals surface area contributed by atoms with Gasteiger partial charge in [-0.3, -0.25) is 0 Å². The highest BCUT2D eigenvalue weighted by Gasteiger charge is 2.42. The normalized spacial score (nSPS) is 22.1. The zero-order valence-electron chi connectivity index (χ0n) is 13.6. The molecule has 3 aliphatic rings. The summed E-state index contributed by atoms with van der Waals surface area (Å²) in [6.07, 6.45) is 8.24. The molecule has 3 nitrogen and oxygen atoms in total. The molecule has 116 valence electrons. The summed E-state index contributed by atoms with van der Waals surface area (Å²) in [4.78, 5) is 5.00. The highest BCUT2D eigenvalue weighted by molar-refractivity contribution is 5.21. The lowest BCUT2D eigenvalue weighted by molar-refractivity contribution is 0.336. The number of fused-ring (bicyclic) bond motifs is 1. The molecule has 2 saturated carbocycles. The first-order valence-electron chi connectivity index (χ1n) is 9.00. The van der Waals surface area contributed by atoms with Gasteiger partial charge in [0.2, 0.25) is 0 Å². The predicted molar refractivity (Wildman–Crippen MR) is 85.1 cm³/mol. The molecule has 1 aliphatic heterocycles. The molecule has 1 aromatic heterocycles. The van der Waals surface area contributed by atoms with E-state index >= 15 is 0 Å². The van der Waals surface area contributed by atoms with E-state index in [1.54, 1.807) is 5.69 Å². The van der Waals surface area contributed by atoms with Gasteiger partial charge < -0.3 is 9.88 Å². The Morgan fingerprint density at radius 3 is 2.52 bits per heavy atom. The molecule has 0 aromatic carbocycles. The Morgan fingerprint density at radius 1 is 1.19 bits per heavy atom. The van der Waals surface area contributed by atoms with Gasteiger partial charge in [0.05, 0.1) is 5.69 Å². The monoisotopic (exact) mass is 287 g/mol. The van der Waals surface area contributed by atoms with Gasteiger partial charge >= 0.3 is 0 Å². The summed E-state index contributed by atoms with van der Waals surface area (Å²) in [5, 5.41) is 3.48. The summed E-state index contributed by atoms with van der Waals surface area (Å²) < 4.78 is 2.65. The summed E-state index contributed by atoms with van der Waals surface area (Å²) in [6.45, 7) is 7.99.